The number of aliphatic imine (C=N–C) groups is 1. The summed E-state index contributed by atoms with van der Waals surface area (Å²) >= 11 is 0. The number of carbonyl (C=O) groups excluding carboxylic acids is 2. The van der Waals surface area contributed by atoms with E-state index in [9.17, 15) is 9.59 Å². The zero-order valence-electron chi connectivity index (χ0n) is 23.6. The van der Waals surface area contributed by atoms with E-state index in [0.717, 1.165) is 47.9 Å². The van der Waals surface area contributed by atoms with Gasteiger partial charge >= 0.3 is 0 Å². The van der Waals surface area contributed by atoms with Gasteiger partial charge in [-0.15, -0.1) is 5.11 Å². The first kappa shape index (κ1) is 28.9. The van der Waals surface area contributed by atoms with Gasteiger partial charge in [0.2, 0.25) is 11.9 Å². The van der Waals surface area contributed by atoms with E-state index >= 15 is 0 Å². The number of rotatable bonds is 7. The third-order valence-electron chi connectivity index (χ3n) is 7.98. The van der Waals surface area contributed by atoms with Crippen molar-refractivity contribution in [1.82, 2.24) is 4.90 Å². The summed E-state index contributed by atoms with van der Waals surface area (Å²) in [5, 5.41) is 2.97. The molecule has 2 amide bonds. The highest BCUT2D eigenvalue weighted by molar-refractivity contribution is 6.02. The first-order chi connectivity index (χ1) is 19.1. The van der Waals surface area contributed by atoms with Gasteiger partial charge in [0.25, 0.3) is 5.91 Å². The summed E-state index contributed by atoms with van der Waals surface area (Å²) in [5.74, 6) is -0.165. The maximum absolute atomic E-state index is 13.8. The van der Waals surface area contributed by atoms with Crippen LogP contribution in [0.5, 0.6) is 0 Å². The summed E-state index contributed by atoms with van der Waals surface area (Å²) < 4.78 is 0. The van der Waals surface area contributed by atoms with E-state index in [1.54, 1.807) is 12.1 Å². The van der Waals surface area contributed by atoms with Crippen molar-refractivity contribution in [3.8, 4) is 11.1 Å². The monoisotopic (exact) mass is 537 g/mol. The van der Waals surface area contributed by atoms with Crippen LogP contribution in [0.25, 0.3) is 11.1 Å². The second kappa shape index (κ2) is 12.8. The molecule has 0 heterocycles. The molecular weight excluding hydrogens is 498 g/mol. The lowest BCUT2D eigenvalue weighted by atomic mass is 9.71. The molecule has 0 aliphatic heterocycles. The van der Waals surface area contributed by atoms with Crippen molar-refractivity contribution < 1.29 is 9.59 Å². The zero-order valence-corrected chi connectivity index (χ0v) is 23.6. The van der Waals surface area contributed by atoms with E-state index in [4.69, 9.17) is 11.3 Å². The molecule has 7 nitrogen and oxygen atoms in total. The second-order valence-electron chi connectivity index (χ2n) is 11.7. The Balaban J connectivity index is 1.50. The Hall–Kier alpha value is -4.13. The smallest absolute Gasteiger partial charge is 0.280 e. The number of carbonyl (C=O) groups is 2. The van der Waals surface area contributed by atoms with Crippen molar-refractivity contribution >= 4 is 17.8 Å². The molecule has 0 spiro atoms. The van der Waals surface area contributed by atoms with Crippen LogP contribution in [0.2, 0.25) is 0 Å². The number of hydrogen-bond donors (Lipinski definition) is 2. The van der Waals surface area contributed by atoms with Gasteiger partial charge in [0, 0.05) is 18.2 Å². The molecule has 0 unspecified atom stereocenters. The molecule has 1 aliphatic rings. The van der Waals surface area contributed by atoms with Crippen molar-refractivity contribution in [2.24, 2.45) is 27.2 Å². The zero-order chi connectivity index (χ0) is 28.7. The molecule has 7 heteroatoms. The highest BCUT2D eigenvalue weighted by atomic mass is 16.2. The average Bonchev–Trinajstić information content (AvgIpc) is 2.96. The lowest BCUT2D eigenvalue weighted by Crippen LogP contribution is -2.43. The standard InChI is InChI=1S/C33H39N5O2/c1-33(2,3)28-17-19-29(20-18-28)38(22-24-11-15-27(16-12-24)31(40)36-32(34)37-35)30(39)21-23-9-13-26(14-10-23)25-7-5-4-6-8-25/h4-16,28-29,35H,17-22H2,1-3H3,(H2,34,36,40). The fourth-order valence-corrected chi connectivity index (χ4v) is 5.54. The minimum atomic E-state index is -0.549. The molecule has 3 aromatic carbocycles. The number of guanidine groups is 1. The molecule has 3 N–H and O–H groups in total. The molecule has 0 aromatic heterocycles. The second-order valence-corrected chi connectivity index (χ2v) is 11.7. The minimum absolute atomic E-state index is 0.112. The molecule has 0 radical (unpaired) electrons. The van der Waals surface area contributed by atoms with Gasteiger partial charge in [-0.2, -0.15) is 4.99 Å². The Morgan fingerprint density at radius 3 is 2.00 bits per heavy atom. The number of benzene rings is 3. The first-order valence-corrected chi connectivity index (χ1v) is 13.9. The van der Waals surface area contributed by atoms with Crippen molar-refractivity contribution in [3.05, 3.63) is 95.6 Å². The van der Waals surface area contributed by atoms with Gasteiger partial charge in [-0.1, -0.05) is 87.5 Å². The molecule has 1 saturated carbocycles. The van der Waals surface area contributed by atoms with Crippen LogP contribution in [0.15, 0.2) is 89.0 Å². The molecule has 208 valence electrons. The molecule has 4 rings (SSSR count). The average molecular weight is 538 g/mol. The molecule has 1 aliphatic carbocycles. The molecule has 0 atom stereocenters. The van der Waals surface area contributed by atoms with E-state index in [0.29, 0.717) is 24.4 Å². The Morgan fingerprint density at radius 1 is 0.850 bits per heavy atom. The van der Waals surface area contributed by atoms with Gasteiger partial charge < -0.3 is 10.6 Å². The number of hydrogen-bond acceptors (Lipinski definition) is 3. The van der Waals surface area contributed by atoms with Crippen LogP contribution in [0.1, 0.15) is 67.9 Å². The van der Waals surface area contributed by atoms with Crippen molar-refractivity contribution in [3.63, 3.8) is 0 Å². The van der Waals surface area contributed by atoms with Gasteiger partial charge in [-0.05, 0) is 71.4 Å². The molecule has 1 fully saturated rings. The summed E-state index contributed by atoms with van der Waals surface area (Å²) in [7, 11) is 0. The Kier molecular flexibility index (Phi) is 9.25. The molecule has 0 bridgehead atoms. The van der Waals surface area contributed by atoms with Crippen LogP contribution >= 0.6 is 0 Å². The number of nitrogens with one attached hydrogen (secondary N) is 1. The van der Waals surface area contributed by atoms with Crippen LogP contribution in [-0.2, 0) is 17.8 Å². The number of nitrogens with two attached hydrogens (primary N) is 1. The van der Waals surface area contributed by atoms with Crippen LogP contribution < -0.4 is 5.73 Å². The minimum Gasteiger partial charge on any atom is -0.366 e. The topological polar surface area (TPSA) is 112 Å². The van der Waals surface area contributed by atoms with Crippen molar-refractivity contribution in [2.45, 2.75) is 65.5 Å². The van der Waals surface area contributed by atoms with Gasteiger partial charge in [0.15, 0.2) is 0 Å². The SMILES string of the molecule is CC(C)(C)C1CCC(N(Cc2ccc(C(=O)N=C(N)N=N)cc2)C(=O)Cc2ccc(-c3ccccc3)cc2)CC1. The first-order valence-electron chi connectivity index (χ1n) is 13.9. The van der Waals surface area contributed by atoms with Gasteiger partial charge in [0.1, 0.15) is 0 Å². The summed E-state index contributed by atoms with van der Waals surface area (Å²) in [6.45, 7) is 7.39. The van der Waals surface area contributed by atoms with Gasteiger partial charge in [-0.3, -0.25) is 9.59 Å². The third kappa shape index (κ3) is 7.50. The highest BCUT2D eigenvalue weighted by Gasteiger charge is 2.33. The van der Waals surface area contributed by atoms with Crippen molar-refractivity contribution in [2.75, 3.05) is 0 Å². The highest BCUT2D eigenvalue weighted by Crippen LogP contribution is 2.39. The molecular formula is C33H39N5O2. The predicted molar refractivity (Wildman–Crippen MR) is 159 cm³/mol. The number of amides is 2. The molecule has 3 aromatic rings. The van der Waals surface area contributed by atoms with E-state index < -0.39 is 5.91 Å². The normalized spacial score (nSPS) is 17.7. The van der Waals surface area contributed by atoms with Crippen LogP contribution in [-0.4, -0.2) is 28.7 Å². The van der Waals surface area contributed by atoms with Crippen LogP contribution in [0, 0.1) is 16.9 Å². The third-order valence-corrected chi connectivity index (χ3v) is 7.98. The van der Waals surface area contributed by atoms with Gasteiger partial charge in [-0.25, -0.2) is 5.53 Å². The maximum Gasteiger partial charge on any atom is 0.280 e. The van der Waals surface area contributed by atoms with E-state index in [1.165, 1.54) is 0 Å². The van der Waals surface area contributed by atoms with E-state index in [2.05, 4.69) is 55.1 Å². The summed E-state index contributed by atoms with van der Waals surface area (Å²) in [6, 6.07) is 25.7. The summed E-state index contributed by atoms with van der Waals surface area (Å²) in [5.41, 5.74) is 17.1. The van der Waals surface area contributed by atoms with Crippen LogP contribution in [0.3, 0.4) is 0 Å². The Morgan fingerprint density at radius 2 is 1.43 bits per heavy atom. The molecule has 40 heavy (non-hydrogen) atoms. The summed E-state index contributed by atoms with van der Waals surface area (Å²) in [4.78, 5) is 31.7. The van der Waals surface area contributed by atoms with Crippen LogP contribution in [0.4, 0.5) is 0 Å². The van der Waals surface area contributed by atoms with Gasteiger partial charge in [0.05, 0.1) is 6.42 Å². The number of nitrogens with zero attached hydrogens (tertiary/aromatic N) is 3. The maximum atomic E-state index is 13.8. The fraction of sp³-hybridized carbons (Fsp3) is 0.364. The van der Waals surface area contributed by atoms with Crippen molar-refractivity contribution in [1.29, 1.82) is 5.53 Å². The lowest BCUT2D eigenvalue weighted by Gasteiger charge is -2.41. The Bertz CT molecular complexity index is 1330. The fourth-order valence-electron chi connectivity index (χ4n) is 5.54. The largest absolute Gasteiger partial charge is 0.366 e. The molecule has 0 saturated heterocycles. The van der Waals surface area contributed by atoms with E-state index in [1.807, 2.05) is 47.4 Å². The summed E-state index contributed by atoms with van der Waals surface area (Å²) in [6.07, 6.45) is 4.54. The lowest BCUT2D eigenvalue weighted by molar-refractivity contribution is -0.134. The van der Waals surface area contributed by atoms with E-state index in [-0.39, 0.29) is 23.3 Å². The predicted octanol–water partition coefficient (Wildman–Crippen LogP) is 7.02. The Labute approximate surface area is 237 Å². The quantitative estimate of drug-likeness (QED) is 0.192.